The number of carboxylic acid groups (broad SMARTS) is 1. The summed E-state index contributed by atoms with van der Waals surface area (Å²) in [5, 5.41) is 12.4. The largest absolute Gasteiger partial charge is 0.481 e. The van der Waals surface area contributed by atoms with Gasteiger partial charge in [0.1, 0.15) is 11.8 Å². The van der Waals surface area contributed by atoms with E-state index in [-0.39, 0.29) is 11.7 Å². The van der Waals surface area contributed by atoms with Crippen LogP contribution in [0.2, 0.25) is 0 Å². The SMILES string of the molecule is CCCCC(CC(CCc1ccc(CCC)cc1)C(=O)[C@H]1CCNN[C@@H]1C(=O)NC)C(=O)O. The molecule has 0 aliphatic carbocycles. The number of ketones is 1. The zero-order valence-corrected chi connectivity index (χ0v) is 20.4. The fourth-order valence-electron chi connectivity index (χ4n) is 4.70. The Kier molecular flexibility index (Phi) is 11.5. The van der Waals surface area contributed by atoms with Gasteiger partial charge >= 0.3 is 5.97 Å². The lowest BCUT2D eigenvalue weighted by atomic mass is 9.77. The lowest BCUT2D eigenvalue weighted by molar-refractivity contribution is -0.143. The fourth-order valence-corrected chi connectivity index (χ4v) is 4.70. The summed E-state index contributed by atoms with van der Waals surface area (Å²) >= 11 is 0. The van der Waals surface area contributed by atoms with Crippen LogP contribution in [-0.2, 0) is 27.2 Å². The smallest absolute Gasteiger partial charge is 0.306 e. The highest BCUT2D eigenvalue weighted by Gasteiger charge is 2.39. The number of carbonyl (C=O) groups excluding carboxylic acids is 2. The molecule has 0 spiro atoms. The molecular weight excluding hydrogens is 418 g/mol. The number of carbonyl (C=O) groups is 3. The summed E-state index contributed by atoms with van der Waals surface area (Å²) in [6, 6.07) is 7.84. The minimum Gasteiger partial charge on any atom is -0.481 e. The van der Waals surface area contributed by atoms with Crippen LogP contribution in [-0.4, -0.2) is 42.4 Å². The van der Waals surface area contributed by atoms with Gasteiger partial charge in [-0.3, -0.25) is 19.8 Å². The molecular formula is C26H41N3O4. The van der Waals surface area contributed by atoms with Crippen molar-refractivity contribution in [2.75, 3.05) is 13.6 Å². The van der Waals surface area contributed by atoms with E-state index in [1.807, 2.05) is 6.92 Å². The van der Waals surface area contributed by atoms with E-state index in [9.17, 15) is 19.5 Å². The molecule has 1 aliphatic rings. The molecule has 0 radical (unpaired) electrons. The Bertz CT molecular complexity index is 765. The molecule has 1 fully saturated rings. The van der Waals surface area contributed by atoms with Crippen LogP contribution in [0.15, 0.2) is 24.3 Å². The number of hydrogen-bond donors (Lipinski definition) is 4. The molecule has 2 unspecified atom stereocenters. The molecule has 0 bridgehead atoms. The summed E-state index contributed by atoms with van der Waals surface area (Å²) in [4.78, 5) is 38.0. The summed E-state index contributed by atoms with van der Waals surface area (Å²) < 4.78 is 0. The number of amides is 1. The molecule has 1 saturated heterocycles. The molecule has 1 aromatic carbocycles. The summed E-state index contributed by atoms with van der Waals surface area (Å²) in [6.07, 6.45) is 6.65. The van der Waals surface area contributed by atoms with Gasteiger partial charge in [-0.15, -0.1) is 0 Å². The summed E-state index contributed by atoms with van der Waals surface area (Å²) in [5.41, 5.74) is 8.39. The Morgan fingerprint density at radius 1 is 1.03 bits per heavy atom. The van der Waals surface area contributed by atoms with Gasteiger partial charge in [0, 0.05) is 25.4 Å². The first-order valence-corrected chi connectivity index (χ1v) is 12.5. The first kappa shape index (κ1) is 27.0. The molecule has 7 heteroatoms. The van der Waals surface area contributed by atoms with Gasteiger partial charge < -0.3 is 10.4 Å². The third-order valence-corrected chi connectivity index (χ3v) is 6.70. The van der Waals surface area contributed by atoms with Crippen LogP contribution >= 0.6 is 0 Å². The highest BCUT2D eigenvalue weighted by molar-refractivity contribution is 5.92. The average Bonchev–Trinajstić information content (AvgIpc) is 2.83. The van der Waals surface area contributed by atoms with E-state index in [1.165, 1.54) is 5.56 Å². The maximum Gasteiger partial charge on any atom is 0.306 e. The Morgan fingerprint density at radius 3 is 2.27 bits per heavy atom. The van der Waals surface area contributed by atoms with Gasteiger partial charge in [0.15, 0.2) is 0 Å². The Balaban J connectivity index is 2.19. The standard InChI is InChI=1S/C26H41N3O4/c1-4-6-8-21(26(32)33)17-20(14-13-19-11-9-18(7-5-2)10-12-19)24(30)22-15-16-28-29-23(22)25(31)27-3/h9-12,20-23,28-29H,4-8,13-17H2,1-3H3,(H,27,31)(H,32,33)/t20?,21?,22-,23-/m0/s1. The Labute approximate surface area is 198 Å². The average molecular weight is 460 g/mol. The highest BCUT2D eigenvalue weighted by Crippen LogP contribution is 2.29. The summed E-state index contributed by atoms with van der Waals surface area (Å²) in [5.74, 6) is -2.47. The number of carboxylic acids is 1. The molecule has 1 aromatic rings. The minimum atomic E-state index is -0.837. The number of hydrogen-bond acceptors (Lipinski definition) is 5. The fraction of sp³-hybridized carbons (Fsp3) is 0.654. The van der Waals surface area contributed by atoms with E-state index in [1.54, 1.807) is 7.05 Å². The van der Waals surface area contributed by atoms with Gasteiger partial charge in [0.2, 0.25) is 5.91 Å². The number of unbranched alkanes of at least 4 members (excludes halogenated alkanes) is 1. The Morgan fingerprint density at radius 2 is 1.70 bits per heavy atom. The molecule has 2 rings (SSSR count). The van der Waals surface area contributed by atoms with Crippen molar-refractivity contribution in [2.45, 2.75) is 77.7 Å². The third kappa shape index (κ3) is 8.23. The number of hydrazine groups is 1. The van der Waals surface area contributed by atoms with Crippen LogP contribution in [0.3, 0.4) is 0 Å². The minimum absolute atomic E-state index is 0.00273. The number of nitrogens with one attached hydrogen (secondary N) is 3. The van der Waals surface area contributed by atoms with E-state index >= 15 is 0 Å². The first-order valence-electron chi connectivity index (χ1n) is 12.5. The number of benzene rings is 1. The second-order valence-corrected chi connectivity index (χ2v) is 9.18. The summed E-state index contributed by atoms with van der Waals surface area (Å²) in [6.45, 7) is 4.79. The van der Waals surface area contributed by atoms with E-state index < -0.39 is 29.8 Å². The maximum atomic E-state index is 13.7. The van der Waals surface area contributed by atoms with Crippen LogP contribution in [0.1, 0.15) is 69.9 Å². The van der Waals surface area contributed by atoms with Crippen molar-refractivity contribution >= 4 is 17.7 Å². The van der Waals surface area contributed by atoms with Gasteiger partial charge in [-0.05, 0) is 49.7 Å². The number of likely N-dealkylation sites (N-methyl/N-ethyl adjacent to an activating group) is 1. The van der Waals surface area contributed by atoms with E-state index in [0.29, 0.717) is 38.6 Å². The van der Waals surface area contributed by atoms with Gasteiger partial charge in [0.05, 0.1) is 5.92 Å². The molecule has 1 heterocycles. The third-order valence-electron chi connectivity index (χ3n) is 6.70. The lowest BCUT2D eigenvalue weighted by Crippen LogP contribution is -2.60. The van der Waals surface area contributed by atoms with E-state index in [4.69, 9.17) is 0 Å². The van der Waals surface area contributed by atoms with Gasteiger partial charge in [0.25, 0.3) is 0 Å². The van der Waals surface area contributed by atoms with Crippen molar-refractivity contribution in [3.8, 4) is 0 Å². The maximum absolute atomic E-state index is 13.7. The molecule has 1 aliphatic heterocycles. The molecule has 7 nitrogen and oxygen atoms in total. The van der Waals surface area contributed by atoms with E-state index in [0.717, 1.165) is 31.2 Å². The zero-order chi connectivity index (χ0) is 24.2. The van der Waals surface area contributed by atoms with Crippen molar-refractivity contribution in [1.29, 1.82) is 0 Å². The van der Waals surface area contributed by atoms with E-state index in [2.05, 4.69) is 47.4 Å². The van der Waals surface area contributed by atoms with Crippen LogP contribution < -0.4 is 16.2 Å². The van der Waals surface area contributed by atoms with Gasteiger partial charge in [-0.2, -0.15) is 0 Å². The quantitative estimate of drug-likeness (QED) is 0.340. The molecule has 33 heavy (non-hydrogen) atoms. The van der Waals surface area contributed by atoms with Crippen molar-refractivity contribution in [3.05, 3.63) is 35.4 Å². The first-order chi connectivity index (χ1) is 15.9. The second-order valence-electron chi connectivity index (χ2n) is 9.18. The molecule has 184 valence electrons. The van der Waals surface area contributed by atoms with Gasteiger partial charge in [-0.25, -0.2) is 5.43 Å². The Hall–Kier alpha value is -2.25. The van der Waals surface area contributed by atoms with Crippen molar-refractivity contribution < 1.29 is 19.5 Å². The predicted octanol–water partition coefficient (Wildman–Crippen LogP) is 3.27. The topological polar surface area (TPSA) is 108 Å². The lowest BCUT2D eigenvalue weighted by Gasteiger charge is -2.33. The molecule has 1 amide bonds. The van der Waals surface area contributed by atoms with Crippen LogP contribution in [0.5, 0.6) is 0 Å². The molecule has 4 N–H and O–H groups in total. The van der Waals surface area contributed by atoms with Crippen molar-refractivity contribution in [3.63, 3.8) is 0 Å². The van der Waals surface area contributed by atoms with Crippen LogP contribution in [0.25, 0.3) is 0 Å². The van der Waals surface area contributed by atoms with Crippen molar-refractivity contribution in [1.82, 2.24) is 16.2 Å². The molecule has 0 saturated carbocycles. The second kappa shape index (κ2) is 14.1. The normalized spacial score (nSPS) is 20.1. The van der Waals surface area contributed by atoms with Crippen LogP contribution in [0.4, 0.5) is 0 Å². The number of rotatable bonds is 14. The van der Waals surface area contributed by atoms with Crippen LogP contribution in [0, 0.1) is 17.8 Å². The summed E-state index contributed by atoms with van der Waals surface area (Å²) in [7, 11) is 1.56. The zero-order valence-electron chi connectivity index (χ0n) is 20.4. The highest BCUT2D eigenvalue weighted by atomic mass is 16.4. The molecule has 0 aromatic heterocycles. The monoisotopic (exact) mass is 459 g/mol. The van der Waals surface area contributed by atoms with Gasteiger partial charge in [-0.1, -0.05) is 57.4 Å². The number of aryl methyl sites for hydroxylation is 2. The number of Topliss-reactive ketones (excluding diaryl/α,β-unsaturated/α-hetero) is 1. The van der Waals surface area contributed by atoms with Crippen molar-refractivity contribution in [2.24, 2.45) is 17.8 Å². The predicted molar refractivity (Wildman–Crippen MR) is 130 cm³/mol. The number of aliphatic carboxylic acids is 1. The molecule has 4 atom stereocenters.